The third kappa shape index (κ3) is 5.34. The van der Waals surface area contributed by atoms with Gasteiger partial charge in [-0.25, -0.2) is 0 Å². The molecule has 1 aromatic heterocycles. The number of rotatable bonds is 6. The average molecular weight is 714 g/mol. The van der Waals surface area contributed by atoms with Gasteiger partial charge in [0.1, 0.15) is 11.2 Å². The summed E-state index contributed by atoms with van der Waals surface area (Å²) in [7, 11) is 0. The molecule has 0 aliphatic carbocycles. The van der Waals surface area contributed by atoms with Crippen molar-refractivity contribution in [1.82, 2.24) is 0 Å². The molecule has 1 heterocycles. The zero-order valence-corrected chi connectivity index (χ0v) is 30.6. The molecular formula is C54H35NO. The number of anilines is 3. The molecule has 262 valence electrons. The molecule has 0 fully saturated rings. The van der Waals surface area contributed by atoms with Crippen LogP contribution in [0.2, 0.25) is 0 Å². The monoisotopic (exact) mass is 713 g/mol. The van der Waals surface area contributed by atoms with Crippen LogP contribution in [0.3, 0.4) is 0 Å². The molecule has 11 aromatic rings. The van der Waals surface area contributed by atoms with Crippen molar-refractivity contribution < 1.29 is 4.42 Å². The van der Waals surface area contributed by atoms with Crippen molar-refractivity contribution >= 4 is 71.3 Å². The maximum atomic E-state index is 6.48. The van der Waals surface area contributed by atoms with Crippen molar-refractivity contribution in [1.29, 1.82) is 0 Å². The van der Waals surface area contributed by atoms with Gasteiger partial charge in [0.05, 0.1) is 22.4 Å². The van der Waals surface area contributed by atoms with Crippen molar-refractivity contribution in [2.75, 3.05) is 4.90 Å². The smallest absolute Gasteiger partial charge is 0.137 e. The number of nitrogens with zero attached hydrogens (tertiary/aromatic N) is 1. The van der Waals surface area contributed by atoms with Crippen LogP contribution in [0.25, 0.3) is 87.6 Å². The first kappa shape index (κ1) is 32.0. The standard InChI is InChI=1S/C54H35NO/c1-2-14-40-34-41(30-26-36(40)12-1)37-24-27-39(28-25-37)46-16-5-8-19-49(46)55(51-21-11-23-53-54(51)48-18-7-10-22-52(48)56-53)50-20-9-6-17-47(50)43-32-33-45-42(35-43)31-29-38-13-3-4-15-44(38)45/h1-35H. The molecule has 11 rings (SSSR count). The second-order valence-corrected chi connectivity index (χ2v) is 14.5. The summed E-state index contributed by atoms with van der Waals surface area (Å²) in [5, 5.41) is 9.67. The highest BCUT2D eigenvalue weighted by molar-refractivity contribution is 6.15. The first-order chi connectivity index (χ1) is 27.8. The van der Waals surface area contributed by atoms with Crippen molar-refractivity contribution in [3.05, 3.63) is 212 Å². The molecule has 0 bridgehead atoms. The van der Waals surface area contributed by atoms with Crippen molar-refractivity contribution in [3.8, 4) is 33.4 Å². The SMILES string of the molecule is c1ccc(N(c2ccccc2-c2ccc3c(ccc4ccccc43)c2)c2cccc3oc4ccccc4c23)c(-c2ccc(-c3ccc4ccccc4c3)cc2)c1. The van der Waals surface area contributed by atoms with Gasteiger partial charge in [-0.2, -0.15) is 0 Å². The van der Waals surface area contributed by atoms with E-state index in [1.807, 2.05) is 6.07 Å². The number of hydrogen-bond acceptors (Lipinski definition) is 2. The molecule has 0 atom stereocenters. The van der Waals surface area contributed by atoms with Gasteiger partial charge < -0.3 is 9.32 Å². The maximum absolute atomic E-state index is 6.48. The Morgan fingerprint density at radius 2 is 0.804 bits per heavy atom. The van der Waals surface area contributed by atoms with Gasteiger partial charge in [0.25, 0.3) is 0 Å². The zero-order valence-electron chi connectivity index (χ0n) is 30.6. The Hall–Kier alpha value is -7.42. The molecule has 2 nitrogen and oxygen atoms in total. The summed E-state index contributed by atoms with van der Waals surface area (Å²) < 4.78 is 6.48. The highest BCUT2D eigenvalue weighted by Crippen LogP contribution is 2.48. The highest BCUT2D eigenvalue weighted by atomic mass is 16.3. The summed E-state index contributed by atoms with van der Waals surface area (Å²) in [6, 6.07) is 76.6. The van der Waals surface area contributed by atoms with Gasteiger partial charge in [-0.3, -0.25) is 0 Å². The second kappa shape index (κ2) is 13.2. The summed E-state index contributed by atoms with van der Waals surface area (Å²) in [4.78, 5) is 2.44. The topological polar surface area (TPSA) is 16.4 Å². The second-order valence-electron chi connectivity index (χ2n) is 14.5. The van der Waals surface area contributed by atoms with E-state index in [0.29, 0.717) is 0 Å². The van der Waals surface area contributed by atoms with E-state index in [9.17, 15) is 0 Å². The Bertz CT molecular complexity index is 3260. The van der Waals surface area contributed by atoms with Crippen LogP contribution in [0.4, 0.5) is 17.1 Å². The molecule has 0 saturated heterocycles. The van der Waals surface area contributed by atoms with Crippen molar-refractivity contribution in [3.63, 3.8) is 0 Å². The van der Waals surface area contributed by atoms with E-state index >= 15 is 0 Å². The number of fused-ring (bicyclic) bond motifs is 7. The molecule has 0 aliphatic heterocycles. The summed E-state index contributed by atoms with van der Waals surface area (Å²) in [5.41, 5.74) is 12.0. The number of furan rings is 1. The Labute approximate surface area is 325 Å². The van der Waals surface area contributed by atoms with Gasteiger partial charge in [0, 0.05) is 16.5 Å². The van der Waals surface area contributed by atoms with Crippen LogP contribution in [0, 0.1) is 0 Å². The molecule has 0 amide bonds. The van der Waals surface area contributed by atoms with Crippen LogP contribution >= 0.6 is 0 Å². The highest BCUT2D eigenvalue weighted by Gasteiger charge is 2.24. The Kier molecular flexibility index (Phi) is 7.53. The molecule has 2 heteroatoms. The summed E-state index contributed by atoms with van der Waals surface area (Å²) in [5.74, 6) is 0. The third-order valence-electron chi connectivity index (χ3n) is 11.2. The minimum absolute atomic E-state index is 0.862. The predicted octanol–water partition coefficient (Wildman–Crippen LogP) is 15.5. The van der Waals surface area contributed by atoms with Gasteiger partial charge in [-0.1, -0.05) is 170 Å². The van der Waals surface area contributed by atoms with Gasteiger partial charge >= 0.3 is 0 Å². The first-order valence-corrected chi connectivity index (χ1v) is 19.2. The van der Waals surface area contributed by atoms with E-state index in [-0.39, 0.29) is 0 Å². The molecule has 0 saturated carbocycles. The maximum Gasteiger partial charge on any atom is 0.137 e. The van der Waals surface area contributed by atoms with Crippen molar-refractivity contribution in [2.45, 2.75) is 0 Å². The number of para-hydroxylation sites is 3. The van der Waals surface area contributed by atoms with E-state index in [1.165, 1.54) is 43.4 Å². The molecule has 0 spiro atoms. The fourth-order valence-corrected chi connectivity index (χ4v) is 8.55. The number of hydrogen-bond donors (Lipinski definition) is 0. The average Bonchev–Trinajstić information content (AvgIpc) is 3.66. The predicted molar refractivity (Wildman–Crippen MR) is 237 cm³/mol. The minimum atomic E-state index is 0.862. The van der Waals surface area contributed by atoms with Crippen LogP contribution in [-0.4, -0.2) is 0 Å². The summed E-state index contributed by atoms with van der Waals surface area (Å²) >= 11 is 0. The van der Waals surface area contributed by atoms with Gasteiger partial charge in [0.15, 0.2) is 0 Å². The molecule has 0 unspecified atom stereocenters. The van der Waals surface area contributed by atoms with Crippen LogP contribution in [0.15, 0.2) is 217 Å². The Morgan fingerprint density at radius 3 is 1.62 bits per heavy atom. The van der Waals surface area contributed by atoms with Gasteiger partial charge in [-0.05, 0) is 97.0 Å². The molecule has 0 radical (unpaired) electrons. The molecule has 0 aliphatic rings. The molecular weight excluding hydrogens is 679 g/mol. The van der Waals surface area contributed by atoms with E-state index in [0.717, 1.165) is 61.3 Å². The number of benzene rings is 10. The van der Waals surface area contributed by atoms with E-state index in [2.05, 4.69) is 211 Å². The molecule has 10 aromatic carbocycles. The Balaban J connectivity index is 1.11. The van der Waals surface area contributed by atoms with Gasteiger partial charge in [0.2, 0.25) is 0 Å². The first-order valence-electron chi connectivity index (χ1n) is 19.2. The fourth-order valence-electron chi connectivity index (χ4n) is 8.55. The lowest BCUT2D eigenvalue weighted by Gasteiger charge is -2.30. The lowest BCUT2D eigenvalue weighted by Crippen LogP contribution is -2.12. The van der Waals surface area contributed by atoms with Crippen LogP contribution in [0.1, 0.15) is 0 Å². The molecule has 0 N–H and O–H groups in total. The third-order valence-corrected chi connectivity index (χ3v) is 11.2. The van der Waals surface area contributed by atoms with Gasteiger partial charge in [-0.15, -0.1) is 0 Å². The molecule has 56 heavy (non-hydrogen) atoms. The van der Waals surface area contributed by atoms with Crippen LogP contribution in [-0.2, 0) is 0 Å². The van der Waals surface area contributed by atoms with Crippen LogP contribution < -0.4 is 4.90 Å². The summed E-state index contributed by atoms with van der Waals surface area (Å²) in [6.07, 6.45) is 0. The zero-order chi connectivity index (χ0) is 37.0. The quantitative estimate of drug-likeness (QED) is 0.160. The Morgan fingerprint density at radius 1 is 0.286 bits per heavy atom. The minimum Gasteiger partial charge on any atom is -0.456 e. The van der Waals surface area contributed by atoms with E-state index in [1.54, 1.807) is 0 Å². The lowest BCUT2D eigenvalue weighted by atomic mass is 9.94. The van der Waals surface area contributed by atoms with Crippen molar-refractivity contribution in [2.24, 2.45) is 0 Å². The van der Waals surface area contributed by atoms with E-state index < -0.39 is 0 Å². The summed E-state index contributed by atoms with van der Waals surface area (Å²) in [6.45, 7) is 0. The largest absolute Gasteiger partial charge is 0.456 e. The fraction of sp³-hybridized carbons (Fsp3) is 0. The van der Waals surface area contributed by atoms with Crippen LogP contribution in [0.5, 0.6) is 0 Å². The van der Waals surface area contributed by atoms with E-state index in [4.69, 9.17) is 4.42 Å². The lowest BCUT2D eigenvalue weighted by molar-refractivity contribution is 0.669. The normalized spacial score (nSPS) is 11.6.